The highest BCUT2D eigenvalue weighted by atomic mass is 32.2. The highest BCUT2D eigenvalue weighted by molar-refractivity contribution is 7.99. The van der Waals surface area contributed by atoms with Gasteiger partial charge >= 0.3 is 0 Å². The van der Waals surface area contributed by atoms with Crippen LogP contribution < -0.4 is 20.6 Å². The first kappa shape index (κ1) is 23.1. The van der Waals surface area contributed by atoms with E-state index in [-0.39, 0.29) is 24.0 Å². The van der Waals surface area contributed by atoms with E-state index in [1.165, 1.54) is 16.8 Å². The first-order chi connectivity index (χ1) is 16.5. The Hall–Kier alpha value is -4.05. The van der Waals surface area contributed by atoms with E-state index in [9.17, 15) is 9.18 Å². The van der Waals surface area contributed by atoms with Crippen molar-refractivity contribution in [3.63, 3.8) is 0 Å². The summed E-state index contributed by atoms with van der Waals surface area (Å²) in [5, 5.41) is 11.1. The smallest absolute Gasteiger partial charge is 0.234 e. The van der Waals surface area contributed by atoms with E-state index in [0.29, 0.717) is 22.4 Å². The standard InChI is InChI=1S/C24H22FN5O3S/c1-16-6-10-18(11-7-16)33-19-12-8-17(9-13-19)27-23(31)15-34-24-29-28-22(30(24)26)14-32-21-5-3-2-4-20(21)25/h2-13H,14-15,26H2,1H3,(H,27,31). The molecule has 0 fully saturated rings. The number of carbonyl (C=O) groups is 1. The number of hydrogen-bond donors (Lipinski definition) is 2. The van der Waals surface area contributed by atoms with E-state index in [4.69, 9.17) is 15.3 Å². The molecule has 4 rings (SSSR count). The number of halogens is 1. The van der Waals surface area contributed by atoms with Crippen LogP contribution >= 0.6 is 11.8 Å². The highest BCUT2D eigenvalue weighted by Gasteiger charge is 2.14. The number of benzene rings is 3. The predicted molar refractivity (Wildman–Crippen MR) is 128 cm³/mol. The minimum absolute atomic E-state index is 0.0613. The Morgan fingerprint density at radius 3 is 2.41 bits per heavy atom. The molecule has 0 spiro atoms. The molecule has 1 heterocycles. The summed E-state index contributed by atoms with van der Waals surface area (Å²) in [6.07, 6.45) is 0. The van der Waals surface area contributed by atoms with Gasteiger partial charge < -0.3 is 20.6 Å². The zero-order chi connectivity index (χ0) is 23.9. The second-order valence-corrected chi connectivity index (χ2v) is 8.21. The number of para-hydroxylation sites is 1. The lowest BCUT2D eigenvalue weighted by atomic mass is 10.2. The van der Waals surface area contributed by atoms with Crippen LogP contribution in [0.4, 0.5) is 10.1 Å². The molecular weight excluding hydrogens is 457 g/mol. The van der Waals surface area contributed by atoms with Crippen molar-refractivity contribution in [1.29, 1.82) is 0 Å². The Morgan fingerprint density at radius 1 is 1.03 bits per heavy atom. The van der Waals surface area contributed by atoms with Crippen LogP contribution in [0.3, 0.4) is 0 Å². The SMILES string of the molecule is Cc1ccc(Oc2ccc(NC(=O)CSc3nnc(COc4ccccc4F)n3N)cc2)cc1. The second-order valence-electron chi connectivity index (χ2n) is 7.26. The van der Waals surface area contributed by atoms with Gasteiger partial charge in [0.1, 0.15) is 18.1 Å². The highest BCUT2D eigenvalue weighted by Crippen LogP contribution is 2.24. The molecular formula is C24H22FN5O3S. The summed E-state index contributed by atoms with van der Waals surface area (Å²) in [5.41, 5.74) is 1.79. The third-order valence-corrected chi connectivity index (χ3v) is 5.60. The number of hydrogen-bond acceptors (Lipinski definition) is 7. The maximum atomic E-state index is 13.7. The van der Waals surface area contributed by atoms with Crippen LogP contribution in [-0.2, 0) is 11.4 Å². The Kier molecular flexibility index (Phi) is 7.28. The van der Waals surface area contributed by atoms with Crippen LogP contribution in [0, 0.1) is 12.7 Å². The molecule has 0 bridgehead atoms. The largest absolute Gasteiger partial charge is 0.482 e. The third-order valence-electron chi connectivity index (χ3n) is 4.66. The summed E-state index contributed by atoms with van der Waals surface area (Å²) in [7, 11) is 0. The van der Waals surface area contributed by atoms with Crippen LogP contribution in [0.25, 0.3) is 0 Å². The summed E-state index contributed by atoms with van der Waals surface area (Å²) in [4.78, 5) is 12.3. The zero-order valence-corrected chi connectivity index (χ0v) is 19.1. The number of anilines is 1. The molecule has 1 amide bonds. The molecule has 3 N–H and O–H groups in total. The number of nitrogens with one attached hydrogen (secondary N) is 1. The number of rotatable bonds is 9. The quantitative estimate of drug-likeness (QED) is 0.268. The van der Waals surface area contributed by atoms with Gasteiger partial charge in [0.25, 0.3) is 0 Å². The number of ether oxygens (including phenoxy) is 2. The van der Waals surface area contributed by atoms with Crippen molar-refractivity contribution in [2.75, 3.05) is 16.9 Å². The van der Waals surface area contributed by atoms with Crippen molar-refractivity contribution in [1.82, 2.24) is 14.9 Å². The van der Waals surface area contributed by atoms with E-state index < -0.39 is 5.82 Å². The molecule has 4 aromatic rings. The van der Waals surface area contributed by atoms with E-state index >= 15 is 0 Å². The minimum Gasteiger partial charge on any atom is -0.482 e. The van der Waals surface area contributed by atoms with Crippen LogP contribution in [-0.4, -0.2) is 26.5 Å². The minimum atomic E-state index is -0.480. The maximum absolute atomic E-state index is 13.7. The maximum Gasteiger partial charge on any atom is 0.234 e. The number of amides is 1. The lowest BCUT2D eigenvalue weighted by molar-refractivity contribution is -0.113. The fourth-order valence-corrected chi connectivity index (χ4v) is 3.56. The van der Waals surface area contributed by atoms with Gasteiger partial charge in [-0.2, -0.15) is 0 Å². The predicted octanol–water partition coefficient (Wildman–Crippen LogP) is 4.54. The summed E-state index contributed by atoms with van der Waals surface area (Å²) in [6.45, 7) is 1.95. The number of carbonyl (C=O) groups excluding carboxylic acids is 1. The van der Waals surface area contributed by atoms with Gasteiger partial charge in [-0.05, 0) is 55.5 Å². The van der Waals surface area contributed by atoms with Crippen LogP contribution in [0.1, 0.15) is 11.4 Å². The van der Waals surface area contributed by atoms with Crippen LogP contribution in [0.5, 0.6) is 17.2 Å². The van der Waals surface area contributed by atoms with E-state index in [0.717, 1.165) is 23.1 Å². The Bertz CT molecular complexity index is 1260. The molecule has 0 aliphatic rings. The van der Waals surface area contributed by atoms with Crippen molar-refractivity contribution in [2.24, 2.45) is 0 Å². The monoisotopic (exact) mass is 479 g/mol. The van der Waals surface area contributed by atoms with Gasteiger partial charge in [0, 0.05) is 5.69 Å². The third kappa shape index (κ3) is 6.04. The first-order valence-corrected chi connectivity index (χ1v) is 11.3. The molecule has 0 radical (unpaired) electrons. The van der Waals surface area contributed by atoms with Crippen LogP contribution in [0.2, 0.25) is 0 Å². The topological polar surface area (TPSA) is 104 Å². The van der Waals surface area contributed by atoms with Gasteiger partial charge in [-0.1, -0.05) is 41.6 Å². The lowest BCUT2D eigenvalue weighted by Gasteiger charge is -2.09. The Balaban J connectivity index is 1.26. The molecule has 0 unspecified atom stereocenters. The molecule has 10 heteroatoms. The van der Waals surface area contributed by atoms with Gasteiger partial charge in [0.05, 0.1) is 5.75 Å². The van der Waals surface area contributed by atoms with Crippen molar-refractivity contribution in [2.45, 2.75) is 18.7 Å². The molecule has 8 nitrogen and oxygen atoms in total. The van der Waals surface area contributed by atoms with Crippen molar-refractivity contribution in [3.8, 4) is 17.2 Å². The second kappa shape index (κ2) is 10.7. The molecule has 0 saturated carbocycles. The average molecular weight is 480 g/mol. The molecule has 0 saturated heterocycles. The van der Waals surface area contributed by atoms with E-state index in [2.05, 4.69) is 15.5 Å². The van der Waals surface area contributed by atoms with Crippen molar-refractivity contribution < 1.29 is 18.7 Å². The summed E-state index contributed by atoms with van der Waals surface area (Å²) in [5.74, 6) is 7.14. The van der Waals surface area contributed by atoms with Crippen LogP contribution in [0.15, 0.2) is 78.0 Å². The van der Waals surface area contributed by atoms with Crippen molar-refractivity contribution in [3.05, 3.63) is 90.0 Å². The molecule has 0 aliphatic carbocycles. The fourth-order valence-electron chi connectivity index (χ4n) is 2.88. The molecule has 0 atom stereocenters. The normalized spacial score (nSPS) is 10.6. The number of nitrogens with zero attached hydrogens (tertiary/aromatic N) is 3. The van der Waals surface area contributed by atoms with Gasteiger partial charge in [0.15, 0.2) is 17.4 Å². The van der Waals surface area contributed by atoms with E-state index in [1.54, 1.807) is 36.4 Å². The summed E-state index contributed by atoms with van der Waals surface area (Å²) in [6, 6.07) is 20.9. The van der Waals surface area contributed by atoms with Gasteiger partial charge in [0.2, 0.25) is 11.1 Å². The number of nitrogens with two attached hydrogens (primary N) is 1. The lowest BCUT2D eigenvalue weighted by Crippen LogP contribution is -2.18. The summed E-state index contributed by atoms with van der Waals surface area (Å²) < 4.78 is 26.1. The van der Waals surface area contributed by atoms with Gasteiger partial charge in [-0.15, -0.1) is 10.2 Å². The number of nitrogen functional groups attached to an aromatic ring is 1. The zero-order valence-electron chi connectivity index (χ0n) is 18.3. The van der Waals surface area contributed by atoms with Gasteiger partial charge in [-0.3, -0.25) is 4.79 Å². The fraction of sp³-hybridized carbons (Fsp3) is 0.125. The summed E-state index contributed by atoms with van der Waals surface area (Å²) >= 11 is 1.12. The molecule has 0 aliphatic heterocycles. The van der Waals surface area contributed by atoms with Gasteiger partial charge in [-0.25, -0.2) is 9.07 Å². The number of thioether (sulfide) groups is 1. The molecule has 1 aromatic heterocycles. The van der Waals surface area contributed by atoms with E-state index in [1.807, 2.05) is 31.2 Å². The Labute approximate surface area is 199 Å². The average Bonchev–Trinajstić information content (AvgIpc) is 3.19. The first-order valence-electron chi connectivity index (χ1n) is 10.3. The molecule has 3 aromatic carbocycles. The number of aryl methyl sites for hydroxylation is 1. The number of aromatic nitrogens is 3. The van der Waals surface area contributed by atoms with Crippen molar-refractivity contribution >= 4 is 23.4 Å². The molecule has 34 heavy (non-hydrogen) atoms. The Morgan fingerprint density at radius 2 is 1.71 bits per heavy atom. The molecule has 174 valence electrons.